The van der Waals surface area contributed by atoms with Crippen LogP contribution < -0.4 is 0 Å². The summed E-state index contributed by atoms with van der Waals surface area (Å²) < 4.78 is 26.9. The maximum Gasteiger partial charge on any atom is 0.324 e. The van der Waals surface area contributed by atoms with Crippen molar-refractivity contribution in [3.63, 3.8) is 0 Å². The average Bonchev–Trinajstić information content (AvgIpc) is 2.40. The highest BCUT2D eigenvalue weighted by Crippen LogP contribution is 2.40. The lowest BCUT2D eigenvalue weighted by Crippen LogP contribution is -2.64. The fourth-order valence-corrected chi connectivity index (χ4v) is 3.66. The van der Waals surface area contributed by atoms with Gasteiger partial charge in [0.1, 0.15) is 0 Å². The highest BCUT2D eigenvalue weighted by molar-refractivity contribution is 5.92. The molecule has 112 valence electrons. The van der Waals surface area contributed by atoms with Gasteiger partial charge in [-0.25, -0.2) is 0 Å². The van der Waals surface area contributed by atoms with E-state index < -0.39 is 11.8 Å². The number of alkyl halides is 2. The van der Waals surface area contributed by atoms with Gasteiger partial charge in [-0.05, 0) is 32.4 Å². The van der Waals surface area contributed by atoms with Crippen LogP contribution in [0.3, 0.4) is 0 Å². The Hall–Kier alpha value is -1.04. The summed E-state index contributed by atoms with van der Waals surface area (Å²) >= 11 is 0. The van der Waals surface area contributed by atoms with Crippen molar-refractivity contribution in [1.82, 2.24) is 9.80 Å². The standard InChI is InChI=1S/C14H20F2N2O2/c1-13-4-7-17(8-5-13)10(11(13)19)9-18-6-2-3-14(15,16)12(18)20/h10H,2-9H2,1H3. The zero-order valence-electron chi connectivity index (χ0n) is 11.7. The molecule has 2 bridgehead atoms. The first-order valence-electron chi connectivity index (χ1n) is 7.29. The van der Waals surface area contributed by atoms with Crippen LogP contribution in [0.15, 0.2) is 0 Å². The van der Waals surface area contributed by atoms with E-state index in [0.717, 1.165) is 25.9 Å². The van der Waals surface area contributed by atoms with Gasteiger partial charge in [-0.1, -0.05) is 6.92 Å². The molecule has 4 aliphatic rings. The predicted octanol–water partition coefficient (Wildman–Crippen LogP) is 1.30. The molecule has 6 heteroatoms. The Morgan fingerprint density at radius 1 is 1.15 bits per heavy atom. The number of likely N-dealkylation sites (tertiary alicyclic amines) is 1. The summed E-state index contributed by atoms with van der Waals surface area (Å²) in [5.41, 5.74) is -0.319. The first-order chi connectivity index (χ1) is 9.33. The summed E-state index contributed by atoms with van der Waals surface area (Å²) in [6.45, 7) is 4.08. The summed E-state index contributed by atoms with van der Waals surface area (Å²) in [5.74, 6) is -4.24. The summed E-state index contributed by atoms with van der Waals surface area (Å²) in [6, 6.07) is -0.389. The Morgan fingerprint density at radius 3 is 2.45 bits per heavy atom. The number of rotatable bonds is 2. The molecule has 0 aromatic rings. The van der Waals surface area contributed by atoms with E-state index in [9.17, 15) is 18.4 Å². The summed E-state index contributed by atoms with van der Waals surface area (Å²) in [4.78, 5) is 27.5. The molecule has 4 fully saturated rings. The van der Waals surface area contributed by atoms with Gasteiger partial charge in [-0.2, -0.15) is 8.78 Å². The molecule has 0 saturated carbocycles. The molecule has 0 aromatic heterocycles. The molecule has 1 unspecified atom stereocenters. The Balaban J connectivity index is 1.75. The number of hydrogen-bond acceptors (Lipinski definition) is 3. The minimum atomic E-state index is -3.26. The minimum absolute atomic E-state index is 0.122. The van der Waals surface area contributed by atoms with Crippen molar-refractivity contribution < 1.29 is 18.4 Å². The van der Waals surface area contributed by atoms with Crippen LogP contribution in [0.4, 0.5) is 8.78 Å². The molecule has 4 nitrogen and oxygen atoms in total. The maximum atomic E-state index is 13.5. The molecule has 4 saturated heterocycles. The van der Waals surface area contributed by atoms with Gasteiger partial charge in [0.25, 0.3) is 5.91 Å². The number of carbonyl (C=O) groups excluding carboxylic acids is 2. The van der Waals surface area contributed by atoms with Crippen LogP contribution in [0.5, 0.6) is 0 Å². The van der Waals surface area contributed by atoms with Gasteiger partial charge in [0.15, 0.2) is 5.78 Å². The van der Waals surface area contributed by atoms with Gasteiger partial charge in [0.05, 0.1) is 6.04 Å². The van der Waals surface area contributed by atoms with E-state index in [0.29, 0.717) is 13.0 Å². The number of nitrogens with zero attached hydrogens (tertiary/aromatic N) is 2. The van der Waals surface area contributed by atoms with Crippen molar-refractivity contribution in [3.8, 4) is 0 Å². The van der Waals surface area contributed by atoms with Crippen LogP contribution in [0.25, 0.3) is 0 Å². The highest BCUT2D eigenvalue weighted by atomic mass is 19.3. The number of carbonyl (C=O) groups is 2. The number of Topliss-reactive ketones (excluding diaryl/α,β-unsaturated/α-hetero) is 1. The molecule has 4 aliphatic heterocycles. The van der Waals surface area contributed by atoms with Gasteiger partial charge in [-0.15, -0.1) is 0 Å². The summed E-state index contributed by atoms with van der Waals surface area (Å²) in [5, 5.41) is 0. The highest BCUT2D eigenvalue weighted by Gasteiger charge is 2.51. The SMILES string of the molecule is CC12CCN(CC1)C(CN1CCCC(F)(F)C1=O)C2=O. The lowest BCUT2D eigenvalue weighted by atomic mass is 9.69. The summed E-state index contributed by atoms with van der Waals surface area (Å²) in [7, 11) is 0. The number of piperidine rings is 4. The van der Waals surface area contributed by atoms with Crippen LogP contribution >= 0.6 is 0 Å². The van der Waals surface area contributed by atoms with Crippen LogP contribution in [0.2, 0.25) is 0 Å². The third-order valence-corrected chi connectivity index (χ3v) is 5.15. The molecule has 0 spiro atoms. The number of hydrogen-bond donors (Lipinski definition) is 0. The zero-order valence-corrected chi connectivity index (χ0v) is 11.7. The molecule has 0 radical (unpaired) electrons. The van der Waals surface area contributed by atoms with Gasteiger partial charge in [0.2, 0.25) is 0 Å². The van der Waals surface area contributed by atoms with Crippen LogP contribution in [-0.4, -0.2) is 59.6 Å². The van der Waals surface area contributed by atoms with Gasteiger partial charge in [0, 0.05) is 24.9 Å². The molecule has 0 aromatic carbocycles. The van der Waals surface area contributed by atoms with E-state index in [-0.39, 0.29) is 30.2 Å². The van der Waals surface area contributed by atoms with Crippen LogP contribution in [0, 0.1) is 5.41 Å². The van der Waals surface area contributed by atoms with Gasteiger partial charge < -0.3 is 4.90 Å². The predicted molar refractivity (Wildman–Crippen MR) is 68.5 cm³/mol. The molecule has 4 rings (SSSR count). The smallest absolute Gasteiger partial charge is 0.324 e. The second kappa shape index (κ2) is 4.48. The van der Waals surface area contributed by atoms with Gasteiger partial charge >= 0.3 is 5.92 Å². The largest absolute Gasteiger partial charge is 0.335 e. The van der Waals surface area contributed by atoms with E-state index in [4.69, 9.17) is 0 Å². The van der Waals surface area contributed by atoms with Crippen molar-refractivity contribution >= 4 is 11.7 Å². The quantitative estimate of drug-likeness (QED) is 0.768. The fraction of sp³-hybridized carbons (Fsp3) is 0.857. The number of amides is 1. The molecule has 0 aliphatic carbocycles. The Bertz CT molecular complexity index is 444. The van der Waals surface area contributed by atoms with Crippen molar-refractivity contribution in [1.29, 1.82) is 0 Å². The first-order valence-corrected chi connectivity index (χ1v) is 7.29. The minimum Gasteiger partial charge on any atom is -0.335 e. The first kappa shape index (κ1) is 13.9. The molecule has 4 heterocycles. The normalized spacial score (nSPS) is 40.2. The second-order valence-corrected chi connectivity index (χ2v) is 6.54. The molecular formula is C14H20F2N2O2. The van der Waals surface area contributed by atoms with E-state index in [1.165, 1.54) is 4.90 Å². The van der Waals surface area contributed by atoms with Crippen molar-refractivity contribution in [2.75, 3.05) is 26.2 Å². The van der Waals surface area contributed by atoms with E-state index in [1.807, 2.05) is 11.8 Å². The molecule has 1 amide bonds. The Kier molecular flexibility index (Phi) is 3.12. The lowest BCUT2D eigenvalue weighted by molar-refractivity contribution is -0.167. The van der Waals surface area contributed by atoms with Crippen molar-refractivity contribution in [3.05, 3.63) is 0 Å². The zero-order chi connectivity index (χ0) is 14.5. The third kappa shape index (κ3) is 2.05. The Morgan fingerprint density at radius 2 is 1.80 bits per heavy atom. The van der Waals surface area contributed by atoms with Crippen LogP contribution in [0.1, 0.15) is 32.6 Å². The Labute approximate surface area is 117 Å². The topological polar surface area (TPSA) is 40.6 Å². The number of fused-ring (bicyclic) bond motifs is 3. The monoisotopic (exact) mass is 286 g/mol. The molecular weight excluding hydrogens is 266 g/mol. The molecule has 20 heavy (non-hydrogen) atoms. The van der Waals surface area contributed by atoms with Gasteiger partial charge in [-0.3, -0.25) is 14.5 Å². The van der Waals surface area contributed by atoms with Crippen molar-refractivity contribution in [2.24, 2.45) is 5.41 Å². The maximum absolute atomic E-state index is 13.5. The van der Waals surface area contributed by atoms with E-state index >= 15 is 0 Å². The third-order valence-electron chi connectivity index (χ3n) is 5.15. The fourth-order valence-electron chi connectivity index (χ4n) is 3.66. The summed E-state index contributed by atoms with van der Waals surface area (Å²) in [6.07, 6.45) is 1.61. The van der Waals surface area contributed by atoms with Crippen molar-refractivity contribution in [2.45, 2.75) is 44.6 Å². The van der Waals surface area contributed by atoms with E-state index in [2.05, 4.69) is 0 Å². The lowest BCUT2D eigenvalue weighted by Gasteiger charge is -2.51. The second-order valence-electron chi connectivity index (χ2n) is 6.54. The molecule has 1 atom stereocenters. The number of ketones is 1. The van der Waals surface area contributed by atoms with E-state index in [1.54, 1.807) is 0 Å². The number of halogens is 2. The van der Waals surface area contributed by atoms with Crippen LogP contribution in [-0.2, 0) is 9.59 Å². The average molecular weight is 286 g/mol. The molecule has 0 N–H and O–H groups in total.